The Balaban J connectivity index is 1.12. The van der Waals surface area contributed by atoms with E-state index in [0.717, 1.165) is 56.8 Å². The van der Waals surface area contributed by atoms with Crippen molar-refractivity contribution in [3.05, 3.63) is 35.6 Å². The summed E-state index contributed by atoms with van der Waals surface area (Å²) >= 11 is 0. The third-order valence-corrected chi connectivity index (χ3v) is 7.60. The van der Waals surface area contributed by atoms with Crippen LogP contribution >= 0.6 is 0 Å². The van der Waals surface area contributed by atoms with Crippen molar-refractivity contribution < 1.29 is 9.18 Å². The summed E-state index contributed by atoms with van der Waals surface area (Å²) in [6.45, 7) is 3.91. The molecule has 0 aromatic heterocycles. The number of fused-ring (bicyclic) bond motifs is 1. The summed E-state index contributed by atoms with van der Waals surface area (Å²) in [5.74, 6) is 2.29. The summed E-state index contributed by atoms with van der Waals surface area (Å²) in [4.78, 5) is 17.7. The molecular formula is C23H32FN3O. The maximum absolute atomic E-state index is 13.0. The molecule has 1 aromatic carbocycles. The fraction of sp³-hybridized carbons (Fsp3) is 0.696. The second-order valence-electron chi connectivity index (χ2n) is 9.69. The van der Waals surface area contributed by atoms with Gasteiger partial charge in [0.1, 0.15) is 5.82 Å². The van der Waals surface area contributed by atoms with Crippen LogP contribution in [0.15, 0.2) is 24.3 Å². The van der Waals surface area contributed by atoms with Crippen LogP contribution in [0, 0.1) is 23.6 Å². The highest BCUT2D eigenvalue weighted by Crippen LogP contribution is 2.47. The number of rotatable bonds is 4. The van der Waals surface area contributed by atoms with E-state index < -0.39 is 0 Å². The Bertz CT molecular complexity index is 694. The molecule has 3 saturated heterocycles. The standard InChI is InChI=1S/C23H32FN3O/c24-20-3-1-16(2-4-20)5-7-26-8-6-21(15-26)25-23(28)27-14-19-10-17-9-18(11-19)13-22(27)12-17/h1-4,17-19,21-22H,5-15H2,(H,25,28)/t17-,18?,19?,21?,22?/m0/s1. The number of likely N-dealkylation sites (tertiary alicyclic amines) is 1. The van der Waals surface area contributed by atoms with Gasteiger partial charge in [-0.15, -0.1) is 0 Å². The third kappa shape index (κ3) is 3.91. The largest absolute Gasteiger partial charge is 0.334 e. The highest BCUT2D eigenvalue weighted by molar-refractivity contribution is 5.75. The second kappa shape index (κ2) is 7.66. The van der Waals surface area contributed by atoms with Crippen LogP contribution in [0.2, 0.25) is 0 Å². The summed E-state index contributed by atoms with van der Waals surface area (Å²) in [5, 5.41) is 3.35. The van der Waals surface area contributed by atoms with E-state index in [1.165, 1.54) is 49.8 Å². The average molecular weight is 386 g/mol. The Hall–Kier alpha value is -1.62. The van der Waals surface area contributed by atoms with Gasteiger partial charge in [-0.1, -0.05) is 12.1 Å². The second-order valence-corrected chi connectivity index (χ2v) is 9.69. The zero-order valence-electron chi connectivity index (χ0n) is 16.7. The molecule has 2 aliphatic carbocycles. The molecule has 6 rings (SSSR count). The van der Waals surface area contributed by atoms with E-state index >= 15 is 0 Å². The van der Waals surface area contributed by atoms with Gasteiger partial charge in [0.25, 0.3) is 0 Å². The molecule has 1 N–H and O–H groups in total. The van der Waals surface area contributed by atoms with Gasteiger partial charge in [0.2, 0.25) is 0 Å². The molecule has 2 amide bonds. The molecule has 28 heavy (non-hydrogen) atoms. The molecule has 3 aliphatic heterocycles. The lowest BCUT2D eigenvalue weighted by Gasteiger charge is -2.39. The Morgan fingerprint density at radius 1 is 1.00 bits per heavy atom. The number of nitrogens with zero attached hydrogens (tertiary/aromatic N) is 2. The molecule has 5 aliphatic rings. The van der Waals surface area contributed by atoms with E-state index in [2.05, 4.69) is 15.1 Å². The van der Waals surface area contributed by atoms with E-state index in [4.69, 9.17) is 0 Å². The van der Waals surface area contributed by atoms with Crippen LogP contribution in [0.5, 0.6) is 0 Å². The number of nitrogens with one attached hydrogen (secondary N) is 1. The van der Waals surface area contributed by atoms with Crippen LogP contribution in [0.4, 0.5) is 9.18 Å². The molecule has 5 heteroatoms. The van der Waals surface area contributed by atoms with Crippen LogP contribution in [-0.2, 0) is 6.42 Å². The Morgan fingerprint density at radius 2 is 1.71 bits per heavy atom. The third-order valence-electron chi connectivity index (χ3n) is 7.60. The Kier molecular flexibility index (Phi) is 5.04. The quantitative estimate of drug-likeness (QED) is 0.859. The zero-order valence-corrected chi connectivity index (χ0v) is 16.7. The van der Waals surface area contributed by atoms with Gasteiger partial charge in [-0.3, -0.25) is 0 Å². The number of hydrogen-bond acceptors (Lipinski definition) is 2. The minimum Gasteiger partial charge on any atom is -0.334 e. The SMILES string of the molecule is O=C(NC1CCN(CCc2ccc(F)cc2)C1)N1CC2CC3CC1C[C@@H](C3)C2. The Labute approximate surface area is 167 Å². The molecule has 152 valence electrons. The van der Waals surface area contributed by atoms with Crippen molar-refractivity contribution in [2.45, 2.75) is 57.0 Å². The smallest absolute Gasteiger partial charge is 0.317 e. The number of carbonyl (C=O) groups excluding carboxylic acids is 1. The maximum atomic E-state index is 13.0. The molecule has 4 bridgehead atoms. The predicted octanol–water partition coefficient (Wildman–Crippen LogP) is 3.66. The highest BCUT2D eigenvalue weighted by Gasteiger charge is 2.44. The molecule has 2 saturated carbocycles. The summed E-state index contributed by atoms with van der Waals surface area (Å²) in [7, 11) is 0. The first-order valence-electron chi connectivity index (χ1n) is 11.2. The van der Waals surface area contributed by atoms with Crippen molar-refractivity contribution in [3.63, 3.8) is 0 Å². The van der Waals surface area contributed by atoms with Gasteiger partial charge >= 0.3 is 6.03 Å². The number of amides is 2. The van der Waals surface area contributed by atoms with Gasteiger partial charge in [0.05, 0.1) is 0 Å². The van der Waals surface area contributed by atoms with Crippen molar-refractivity contribution in [2.24, 2.45) is 17.8 Å². The predicted molar refractivity (Wildman–Crippen MR) is 108 cm³/mol. The lowest BCUT2D eigenvalue weighted by molar-refractivity contribution is 0.130. The summed E-state index contributed by atoms with van der Waals surface area (Å²) < 4.78 is 13.0. The van der Waals surface area contributed by atoms with Crippen LogP contribution < -0.4 is 5.32 Å². The van der Waals surface area contributed by atoms with Gasteiger partial charge in [-0.2, -0.15) is 0 Å². The number of hydrogen-bond donors (Lipinski definition) is 1. The lowest BCUT2D eigenvalue weighted by Crippen LogP contribution is -2.50. The zero-order chi connectivity index (χ0) is 19.1. The highest BCUT2D eigenvalue weighted by atomic mass is 19.1. The van der Waals surface area contributed by atoms with Crippen molar-refractivity contribution in [1.82, 2.24) is 15.1 Å². The molecule has 0 radical (unpaired) electrons. The van der Waals surface area contributed by atoms with Crippen LogP contribution in [-0.4, -0.2) is 54.1 Å². The summed E-state index contributed by atoms with van der Waals surface area (Å²) in [6.07, 6.45) is 8.52. The fourth-order valence-electron chi connectivity index (χ4n) is 6.38. The number of benzene rings is 1. The monoisotopic (exact) mass is 385 g/mol. The van der Waals surface area contributed by atoms with Crippen LogP contribution in [0.1, 0.15) is 44.1 Å². The molecule has 4 nitrogen and oxygen atoms in total. The number of urea groups is 1. The molecule has 4 unspecified atom stereocenters. The summed E-state index contributed by atoms with van der Waals surface area (Å²) in [5.41, 5.74) is 1.17. The van der Waals surface area contributed by atoms with Crippen LogP contribution in [0.25, 0.3) is 0 Å². The van der Waals surface area contributed by atoms with Crippen molar-refractivity contribution in [3.8, 4) is 0 Å². The van der Waals surface area contributed by atoms with E-state index in [0.29, 0.717) is 6.04 Å². The van der Waals surface area contributed by atoms with Gasteiger partial charge in [-0.25, -0.2) is 9.18 Å². The number of halogens is 1. The number of carbonyl (C=O) groups is 1. The normalized spacial score (nSPS) is 34.6. The van der Waals surface area contributed by atoms with E-state index in [9.17, 15) is 9.18 Å². The van der Waals surface area contributed by atoms with E-state index in [1.54, 1.807) is 0 Å². The van der Waals surface area contributed by atoms with Gasteiger partial charge in [-0.05, 0) is 80.4 Å². The van der Waals surface area contributed by atoms with Gasteiger partial charge in [0, 0.05) is 38.3 Å². The van der Waals surface area contributed by atoms with Crippen LogP contribution in [0.3, 0.4) is 0 Å². The minimum atomic E-state index is -0.178. The first kappa shape index (κ1) is 18.4. The topological polar surface area (TPSA) is 35.6 Å². The summed E-state index contributed by atoms with van der Waals surface area (Å²) in [6, 6.07) is 7.72. The average Bonchev–Trinajstić information content (AvgIpc) is 3.02. The fourth-order valence-corrected chi connectivity index (χ4v) is 6.38. The van der Waals surface area contributed by atoms with E-state index in [1.807, 2.05) is 12.1 Å². The maximum Gasteiger partial charge on any atom is 0.317 e. The van der Waals surface area contributed by atoms with Gasteiger partial charge in [0.15, 0.2) is 0 Å². The molecule has 5 atom stereocenters. The first-order chi connectivity index (χ1) is 13.6. The van der Waals surface area contributed by atoms with Crippen molar-refractivity contribution >= 4 is 6.03 Å². The molecular weight excluding hydrogens is 353 g/mol. The molecule has 3 heterocycles. The Morgan fingerprint density at radius 3 is 2.46 bits per heavy atom. The van der Waals surface area contributed by atoms with Crippen molar-refractivity contribution in [2.75, 3.05) is 26.2 Å². The molecule has 0 spiro atoms. The van der Waals surface area contributed by atoms with Crippen molar-refractivity contribution in [1.29, 1.82) is 0 Å². The first-order valence-corrected chi connectivity index (χ1v) is 11.2. The molecule has 5 fully saturated rings. The van der Waals surface area contributed by atoms with Gasteiger partial charge < -0.3 is 15.1 Å². The minimum absolute atomic E-state index is 0.178. The molecule has 1 aromatic rings. The lowest BCUT2D eigenvalue weighted by atomic mass is 9.68. The van der Waals surface area contributed by atoms with E-state index in [-0.39, 0.29) is 17.9 Å².